The molecule has 1 aliphatic rings. The molecule has 104 valence electrons. The first-order chi connectivity index (χ1) is 9.20. The van der Waals surface area contributed by atoms with E-state index in [9.17, 15) is 9.18 Å². The molecular weight excluding hydrogens is 249 g/mol. The molecule has 2 N–H and O–H groups in total. The lowest BCUT2D eigenvalue weighted by molar-refractivity contribution is 0.0705. The molecule has 0 bridgehead atoms. The Morgan fingerprint density at radius 2 is 2.42 bits per heavy atom. The van der Waals surface area contributed by atoms with Gasteiger partial charge in [0.2, 0.25) is 0 Å². The van der Waals surface area contributed by atoms with Gasteiger partial charge in [0.15, 0.2) is 0 Å². The molecule has 1 amide bonds. The zero-order valence-electron chi connectivity index (χ0n) is 10.7. The first kappa shape index (κ1) is 13.9. The second-order valence-electron chi connectivity index (χ2n) is 4.66. The van der Waals surface area contributed by atoms with E-state index in [0.717, 1.165) is 25.6 Å². The Labute approximate surface area is 111 Å². The number of nitrogens with one attached hydrogen (secondary N) is 1. The normalized spacial score (nSPS) is 18.5. The van der Waals surface area contributed by atoms with Crippen molar-refractivity contribution in [1.29, 1.82) is 0 Å². The lowest BCUT2D eigenvalue weighted by atomic mass is 10.2. The largest absolute Gasteiger partial charge is 0.395 e. The van der Waals surface area contributed by atoms with Gasteiger partial charge in [0.1, 0.15) is 5.82 Å². The molecule has 1 aromatic heterocycles. The van der Waals surface area contributed by atoms with Gasteiger partial charge in [-0.2, -0.15) is 0 Å². The minimum absolute atomic E-state index is 0.110. The first-order valence-corrected chi connectivity index (χ1v) is 6.45. The molecule has 0 aliphatic carbocycles. The van der Waals surface area contributed by atoms with Gasteiger partial charge in [-0.25, -0.2) is 4.39 Å². The van der Waals surface area contributed by atoms with E-state index in [2.05, 4.69) is 10.3 Å². The predicted octanol–water partition coefficient (Wildman–Crippen LogP) is 0.407. The summed E-state index contributed by atoms with van der Waals surface area (Å²) in [5.41, 5.74) is 0.214. The van der Waals surface area contributed by atoms with Crippen molar-refractivity contribution < 1.29 is 14.3 Å². The number of nitrogens with zero attached hydrogens (tertiary/aromatic N) is 2. The Morgan fingerprint density at radius 3 is 3.05 bits per heavy atom. The van der Waals surface area contributed by atoms with E-state index in [0.29, 0.717) is 6.54 Å². The average Bonchev–Trinajstić information content (AvgIpc) is 2.90. The van der Waals surface area contributed by atoms with E-state index >= 15 is 0 Å². The fraction of sp³-hybridized carbons (Fsp3) is 0.538. The molecule has 5 nitrogen and oxygen atoms in total. The molecule has 1 aliphatic heterocycles. The van der Waals surface area contributed by atoms with Gasteiger partial charge in [0, 0.05) is 25.3 Å². The molecule has 0 radical (unpaired) electrons. The van der Waals surface area contributed by atoms with E-state index in [1.807, 2.05) is 0 Å². The highest BCUT2D eigenvalue weighted by atomic mass is 19.1. The monoisotopic (exact) mass is 267 g/mol. The van der Waals surface area contributed by atoms with Crippen LogP contribution in [-0.4, -0.2) is 53.2 Å². The molecule has 1 saturated heterocycles. The van der Waals surface area contributed by atoms with Crippen molar-refractivity contribution in [3.63, 3.8) is 0 Å². The minimum Gasteiger partial charge on any atom is -0.395 e. The molecule has 1 fully saturated rings. The molecule has 0 aromatic carbocycles. The summed E-state index contributed by atoms with van der Waals surface area (Å²) in [6, 6.07) is 1.42. The number of pyridine rings is 1. The lowest BCUT2D eigenvalue weighted by Gasteiger charge is -2.25. The summed E-state index contributed by atoms with van der Waals surface area (Å²) in [5, 5.41) is 12.4. The van der Waals surface area contributed by atoms with Crippen LogP contribution < -0.4 is 5.32 Å². The van der Waals surface area contributed by atoms with E-state index < -0.39 is 5.82 Å². The number of carbonyl (C=O) groups is 1. The van der Waals surface area contributed by atoms with E-state index in [4.69, 9.17) is 5.11 Å². The van der Waals surface area contributed by atoms with Gasteiger partial charge >= 0.3 is 0 Å². The zero-order valence-corrected chi connectivity index (χ0v) is 10.7. The number of halogens is 1. The Kier molecular flexibility index (Phi) is 4.81. The van der Waals surface area contributed by atoms with E-state index in [-0.39, 0.29) is 30.7 Å². The Bertz CT molecular complexity index is 436. The van der Waals surface area contributed by atoms with Crippen LogP contribution in [0.5, 0.6) is 0 Å². The van der Waals surface area contributed by atoms with Crippen LogP contribution >= 0.6 is 0 Å². The van der Waals surface area contributed by atoms with Crippen LogP contribution in [0, 0.1) is 5.82 Å². The highest BCUT2D eigenvalue weighted by Crippen LogP contribution is 2.10. The molecule has 1 atom stereocenters. The third kappa shape index (κ3) is 3.71. The number of carbonyl (C=O) groups excluding carboxylic acids is 1. The summed E-state index contributed by atoms with van der Waals surface area (Å²) in [4.78, 5) is 17.5. The quantitative estimate of drug-likeness (QED) is 0.811. The highest BCUT2D eigenvalue weighted by Gasteiger charge is 2.22. The molecule has 2 rings (SSSR count). The van der Waals surface area contributed by atoms with Crippen molar-refractivity contribution >= 4 is 5.91 Å². The smallest absolute Gasteiger partial charge is 0.255 e. The summed E-state index contributed by atoms with van der Waals surface area (Å²) in [5.74, 6) is -0.830. The number of hydrogen-bond acceptors (Lipinski definition) is 4. The number of aliphatic hydroxyl groups is 1. The molecule has 6 heteroatoms. The van der Waals surface area contributed by atoms with Gasteiger partial charge in [0.25, 0.3) is 5.91 Å². The molecule has 1 aromatic rings. The minimum atomic E-state index is -0.534. The number of aromatic nitrogens is 1. The Balaban J connectivity index is 2.06. The van der Waals surface area contributed by atoms with Crippen molar-refractivity contribution in [1.82, 2.24) is 15.2 Å². The lowest BCUT2D eigenvalue weighted by Crippen LogP contribution is -2.42. The van der Waals surface area contributed by atoms with Crippen LogP contribution in [0.4, 0.5) is 4.39 Å². The number of aliphatic hydroxyl groups excluding tert-OH is 1. The van der Waals surface area contributed by atoms with Crippen LogP contribution in [0.25, 0.3) is 0 Å². The maximum absolute atomic E-state index is 13.1. The topological polar surface area (TPSA) is 65.5 Å². The molecule has 2 heterocycles. The third-order valence-corrected chi connectivity index (χ3v) is 3.21. The molecular formula is C13H18FN3O2. The van der Waals surface area contributed by atoms with Gasteiger partial charge in [0.05, 0.1) is 18.4 Å². The predicted molar refractivity (Wildman–Crippen MR) is 68.2 cm³/mol. The summed E-state index contributed by atoms with van der Waals surface area (Å²) in [7, 11) is 0. The zero-order chi connectivity index (χ0) is 13.7. The van der Waals surface area contributed by atoms with Crippen LogP contribution in [0.15, 0.2) is 18.5 Å². The van der Waals surface area contributed by atoms with Crippen LogP contribution in [0.1, 0.15) is 23.2 Å². The van der Waals surface area contributed by atoms with Gasteiger partial charge in [-0.3, -0.25) is 9.78 Å². The van der Waals surface area contributed by atoms with Gasteiger partial charge in [-0.1, -0.05) is 0 Å². The molecule has 0 saturated carbocycles. The molecule has 0 spiro atoms. The van der Waals surface area contributed by atoms with Crippen LogP contribution in [0.2, 0.25) is 0 Å². The van der Waals surface area contributed by atoms with Crippen molar-refractivity contribution in [2.75, 3.05) is 26.2 Å². The average molecular weight is 267 g/mol. The first-order valence-electron chi connectivity index (χ1n) is 6.45. The maximum Gasteiger partial charge on any atom is 0.255 e. The standard InChI is InChI=1S/C13H18FN3O2/c14-11-6-10(7-15-8-11)13(19)17(4-5-18)9-12-2-1-3-16-12/h6-8,12,16,18H,1-5,9H2. The van der Waals surface area contributed by atoms with Gasteiger partial charge in [-0.15, -0.1) is 0 Å². The van der Waals surface area contributed by atoms with E-state index in [1.54, 1.807) is 4.90 Å². The van der Waals surface area contributed by atoms with Crippen molar-refractivity contribution in [2.24, 2.45) is 0 Å². The number of hydrogen-bond donors (Lipinski definition) is 2. The van der Waals surface area contributed by atoms with Crippen molar-refractivity contribution in [3.8, 4) is 0 Å². The second kappa shape index (κ2) is 6.58. The van der Waals surface area contributed by atoms with Crippen LogP contribution in [0.3, 0.4) is 0 Å². The fourth-order valence-electron chi connectivity index (χ4n) is 2.29. The van der Waals surface area contributed by atoms with Crippen molar-refractivity contribution in [3.05, 3.63) is 29.8 Å². The van der Waals surface area contributed by atoms with Crippen molar-refractivity contribution in [2.45, 2.75) is 18.9 Å². The summed E-state index contributed by atoms with van der Waals surface area (Å²) >= 11 is 0. The van der Waals surface area contributed by atoms with E-state index in [1.165, 1.54) is 12.3 Å². The molecule has 1 unspecified atom stereocenters. The highest BCUT2D eigenvalue weighted by molar-refractivity contribution is 5.93. The van der Waals surface area contributed by atoms with Gasteiger partial charge in [-0.05, 0) is 25.5 Å². The van der Waals surface area contributed by atoms with Crippen LogP contribution in [-0.2, 0) is 0 Å². The summed E-state index contributed by atoms with van der Waals surface area (Å²) in [6.07, 6.45) is 4.51. The maximum atomic E-state index is 13.1. The number of amides is 1. The van der Waals surface area contributed by atoms with Gasteiger partial charge < -0.3 is 15.3 Å². The third-order valence-electron chi connectivity index (χ3n) is 3.21. The summed E-state index contributed by atoms with van der Waals surface area (Å²) < 4.78 is 13.1. The Morgan fingerprint density at radius 1 is 1.58 bits per heavy atom. The second-order valence-corrected chi connectivity index (χ2v) is 4.66. The summed E-state index contributed by atoms with van der Waals surface area (Å²) in [6.45, 7) is 1.61. The number of rotatable bonds is 5. The molecule has 19 heavy (non-hydrogen) atoms. The fourth-order valence-corrected chi connectivity index (χ4v) is 2.29. The SMILES string of the molecule is O=C(c1cncc(F)c1)N(CCO)CC1CCCN1. The Hall–Kier alpha value is -1.53.